The smallest absolute Gasteiger partial charge is 0.411 e. The number of carbonyl (C=O) groups excluding carboxylic acids is 1. The first-order valence-electron chi connectivity index (χ1n) is 8.22. The van der Waals surface area contributed by atoms with Crippen LogP contribution in [0.5, 0.6) is 0 Å². The molecular formula is C19H20ClFN2O2. The summed E-state index contributed by atoms with van der Waals surface area (Å²) < 4.78 is 19.0. The Morgan fingerprint density at radius 2 is 2.20 bits per heavy atom. The van der Waals surface area contributed by atoms with Gasteiger partial charge in [-0.25, -0.2) is 9.18 Å². The molecule has 2 aromatic carbocycles. The second-order valence-corrected chi connectivity index (χ2v) is 6.64. The lowest BCUT2D eigenvalue weighted by atomic mass is 10.0. The quantitative estimate of drug-likeness (QED) is 0.850. The highest BCUT2D eigenvalue weighted by Crippen LogP contribution is 2.30. The molecule has 1 saturated heterocycles. The van der Waals surface area contributed by atoms with E-state index in [1.165, 1.54) is 18.2 Å². The van der Waals surface area contributed by atoms with E-state index >= 15 is 0 Å². The van der Waals surface area contributed by atoms with Gasteiger partial charge >= 0.3 is 6.09 Å². The lowest BCUT2D eigenvalue weighted by Crippen LogP contribution is -2.31. The number of likely N-dealkylation sites (tertiary alicyclic amines) is 1. The maximum Gasteiger partial charge on any atom is 0.411 e. The Hall–Kier alpha value is -2.11. The molecule has 4 nitrogen and oxygen atoms in total. The van der Waals surface area contributed by atoms with Crippen LogP contribution >= 0.6 is 11.6 Å². The highest BCUT2D eigenvalue weighted by Gasteiger charge is 2.22. The summed E-state index contributed by atoms with van der Waals surface area (Å²) in [6.45, 7) is 1.36. The largest absolute Gasteiger partial charge is 0.448 e. The molecule has 1 amide bonds. The Morgan fingerprint density at radius 1 is 1.36 bits per heavy atom. The molecule has 1 aliphatic heterocycles. The van der Waals surface area contributed by atoms with Gasteiger partial charge in [-0.2, -0.15) is 0 Å². The number of amides is 1. The Morgan fingerprint density at radius 3 is 2.92 bits per heavy atom. The molecule has 0 bridgehead atoms. The zero-order chi connectivity index (χ0) is 17.8. The van der Waals surface area contributed by atoms with Gasteiger partial charge in [0, 0.05) is 16.6 Å². The van der Waals surface area contributed by atoms with Crippen molar-refractivity contribution in [2.45, 2.75) is 18.9 Å². The molecule has 1 fully saturated rings. The molecule has 0 aromatic heterocycles. The van der Waals surface area contributed by atoms with Gasteiger partial charge in [0.2, 0.25) is 0 Å². The normalized spacial score (nSPS) is 17.5. The molecule has 0 saturated carbocycles. The number of nitrogens with zero attached hydrogens (tertiary/aromatic N) is 1. The molecule has 25 heavy (non-hydrogen) atoms. The highest BCUT2D eigenvalue weighted by molar-refractivity contribution is 6.30. The van der Waals surface area contributed by atoms with E-state index in [4.69, 9.17) is 16.3 Å². The average Bonchev–Trinajstić information content (AvgIpc) is 3.00. The van der Waals surface area contributed by atoms with E-state index in [0.717, 1.165) is 24.9 Å². The predicted molar refractivity (Wildman–Crippen MR) is 97.5 cm³/mol. The SMILES string of the molecule is CN1CCC[C@H]1COC(=O)Nc1ccc(F)cc1-c1cccc(Cl)c1. The van der Waals surface area contributed by atoms with Crippen LogP contribution in [0.4, 0.5) is 14.9 Å². The zero-order valence-electron chi connectivity index (χ0n) is 14.0. The Balaban J connectivity index is 1.72. The molecule has 0 spiro atoms. The molecule has 6 heteroatoms. The van der Waals surface area contributed by atoms with Gasteiger partial charge in [0.15, 0.2) is 0 Å². The first kappa shape index (κ1) is 17.7. The van der Waals surface area contributed by atoms with Gasteiger partial charge in [-0.05, 0) is 62.3 Å². The number of ether oxygens (including phenoxy) is 1. The van der Waals surface area contributed by atoms with Crippen molar-refractivity contribution >= 4 is 23.4 Å². The van der Waals surface area contributed by atoms with Gasteiger partial charge in [-0.15, -0.1) is 0 Å². The average molecular weight is 363 g/mol. The van der Waals surface area contributed by atoms with Gasteiger partial charge in [0.1, 0.15) is 12.4 Å². The number of hydrogen-bond acceptors (Lipinski definition) is 3. The summed E-state index contributed by atoms with van der Waals surface area (Å²) in [5.74, 6) is -0.388. The van der Waals surface area contributed by atoms with E-state index in [2.05, 4.69) is 10.2 Å². The van der Waals surface area contributed by atoms with Gasteiger partial charge in [-0.1, -0.05) is 23.7 Å². The van der Waals surface area contributed by atoms with Gasteiger partial charge < -0.3 is 9.64 Å². The summed E-state index contributed by atoms with van der Waals surface area (Å²) in [7, 11) is 2.02. The third kappa shape index (κ3) is 4.50. The molecule has 1 N–H and O–H groups in total. The number of nitrogens with one attached hydrogen (secondary N) is 1. The molecule has 132 valence electrons. The van der Waals surface area contributed by atoms with Crippen LogP contribution < -0.4 is 5.32 Å². The van der Waals surface area contributed by atoms with Crippen molar-refractivity contribution in [3.8, 4) is 11.1 Å². The lowest BCUT2D eigenvalue weighted by Gasteiger charge is -2.19. The van der Waals surface area contributed by atoms with Crippen molar-refractivity contribution in [2.24, 2.45) is 0 Å². The summed E-state index contributed by atoms with van der Waals surface area (Å²) >= 11 is 6.02. The van der Waals surface area contributed by atoms with Crippen molar-refractivity contribution in [3.63, 3.8) is 0 Å². The van der Waals surface area contributed by atoms with E-state index in [9.17, 15) is 9.18 Å². The fraction of sp³-hybridized carbons (Fsp3) is 0.316. The third-order valence-electron chi connectivity index (χ3n) is 4.43. The number of rotatable bonds is 4. The second kappa shape index (κ2) is 7.85. The van der Waals surface area contributed by atoms with Crippen molar-refractivity contribution < 1.29 is 13.9 Å². The standard InChI is InChI=1S/C19H20ClFN2O2/c1-23-9-3-6-16(23)12-25-19(24)22-18-8-7-15(21)11-17(18)13-4-2-5-14(20)10-13/h2,4-5,7-8,10-11,16H,3,6,9,12H2,1H3,(H,22,24)/t16-/m0/s1. The molecule has 0 radical (unpaired) electrons. The Kier molecular flexibility index (Phi) is 5.56. The van der Waals surface area contributed by atoms with Gasteiger partial charge in [-0.3, -0.25) is 5.32 Å². The molecule has 2 aromatic rings. The van der Waals surface area contributed by atoms with E-state index < -0.39 is 6.09 Å². The fourth-order valence-corrected chi connectivity index (χ4v) is 3.22. The van der Waals surface area contributed by atoms with Crippen LogP contribution in [0.1, 0.15) is 12.8 Å². The third-order valence-corrected chi connectivity index (χ3v) is 4.67. The molecule has 1 atom stereocenters. The van der Waals surface area contributed by atoms with Crippen LogP contribution in [0, 0.1) is 5.82 Å². The second-order valence-electron chi connectivity index (χ2n) is 6.20. The fourth-order valence-electron chi connectivity index (χ4n) is 3.03. The topological polar surface area (TPSA) is 41.6 Å². The van der Waals surface area contributed by atoms with Crippen molar-refractivity contribution in [3.05, 3.63) is 53.3 Å². The Bertz CT molecular complexity index is 769. The maximum atomic E-state index is 13.7. The summed E-state index contributed by atoms with van der Waals surface area (Å²) in [6, 6.07) is 11.5. The van der Waals surface area contributed by atoms with E-state index in [0.29, 0.717) is 22.9 Å². The van der Waals surface area contributed by atoms with Crippen molar-refractivity contribution in [1.29, 1.82) is 0 Å². The van der Waals surface area contributed by atoms with Crippen LogP contribution in [0.15, 0.2) is 42.5 Å². The van der Waals surface area contributed by atoms with Crippen LogP contribution in [-0.4, -0.2) is 37.2 Å². The van der Waals surface area contributed by atoms with E-state index in [1.807, 2.05) is 13.1 Å². The van der Waals surface area contributed by atoms with Gasteiger partial charge in [0.05, 0.1) is 5.69 Å². The summed E-state index contributed by atoms with van der Waals surface area (Å²) in [5.41, 5.74) is 1.75. The van der Waals surface area contributed by atoms with Crippen LogP contribution in [-0.2, 0) is 4.74 Å². The van der Waals surface area contributed by atoms with Crippen LogP contribution in [0.25, 0.3) is 11.1 Å². The maximum absolute atomic E-state index is 13.7. The summed E-state index contributed by atoms with van der Waals surface area (Å²) in [5, 5.41) is 3.25. The van der Waals surface area contributed by atoms with Crippen molar-refractivity contribution in [2.75, 3.05) is 25.5 Å². The Labute approximate surface area is 151 Å². The van der Waals surface area contributed by atoms with E-state index in [-0.39, 0.29) is 11.9 Å². The molecular weight excluding hydrogens is 343 g/mol. The number of benzene rings is 2. The molecule has 1 aliphatic rings. The number of carbonyl (C=O) groups is 1. The van der Waals surface area contributed by atoms with Gasteiger partial charge in [0.25, 0.3) is 0 Å². The molecule has 1 heterocycles. The molecule has 0 aliphatic carbocycles. The number of hydrogen-bond donors (Lipinski definition) is 1. The molecule has 0 unspecified atom stereocenters. The predicted octanol–water partition coefficient (Wildman–Crippen LogP) is 4.79. The zero-order valence-corrected chi connectivity index (χ0v) is 14.7. The van der Waals surface area contributed by atoms with E-state index in [1.54, 1.807) is 18.2 Å². The van der Waals surface area contributed by atoms with Crippen molar-refractivity contribution in [1.82, 2.24) is 4.90 Å². The monoisotopic (exact) mass is 362 g/mol. The first-order valence-corrected chi connectivity index (χ1v) is 8.60. The number of likely N-dealkylation sites (N-methyl/N-ethyl adjacent to an activating group) is 1. The summed E-state index contributed by atoms with van der Waals surface area (Å²) in [4.78, 5) is 14.3. The number of halogens is 2. The molecule has 3 rings (SSSR count). The number of anilines is 1. The summed E-state index contributed by atoms with van der Waals surface area (Å²) in [6.07, 6.45) is 1.59. The minimum absolute atomic E-state index is 0.256. The minimum atomic E-state index is -0.546. The minimum Gasteiger partial charge on any atom is -0.448 e. The van der Waals surface area contributed by atoms with Crippen LogP contribution in [0.3, 0.4) is 0 Å². The lowest BCUT2D eigenvalue weighted by molar-refractivity contribution is 0.127. The highest BCUT2D eigenvalue weighted by atomic mass is 35.5. The first-order chi connectivity index (χ1) is 12.0. The van der Waals surface area contributed by atoms with Crippen LogP contribution in [0.2, 0.25) is 5.02 Å².